The molecule has 23 heavy (non-hydrogen) atoms. The number of aromatic nitrogens is 2. The summed E-state index contributed by atoms with van der Waals surface area (Å²) in [6.07, 6.45) is -1.43. The molecule has 0 spiro atoms. The number of carbonyl (C=O) groups is 1. The Morgan fingerprint density at radius 3 is 2.65 bits per heavy atom. The van der Waals surface area contributed by atoms with Gasteiger partial charge in [-0.25, -0.2) is 4.79 Å². The lowest BCUT2D eigenvalue weighted by atomic mass is 10.1. The van der Waals surface area contributed by atoms with E-state index in [0.717, 1.165) is 11.3 Å². The van der Waals surface area contributed by atoms with E-state index in [2.05, 4.69) is 10.4 Å². The Hall–Kier alpha value is -2.38. The summed E-state index contributed by atoms with van der Waals surface area (Å²) in [6.45, 7) is 1.82. The molecule has 0 bridgehead atoms. The third kappa shape index (κ3) is 4.54. The maximum absolute atomic E-state index is 11.6. The van der Waals surface area contributed by atoms with Crippen LogP contribution in [0.1, 0.15) is 22.9 Å². The average molecular weight is 319 g/mol. The largest absolute Gasteiger partial charge is 0.445 e. The van der Waals surface area contributed by atoms with Gasteiger partial charge in [0, 0.05) is 24.8 Å². The van der Waals surface area contributed by atoms with Gasteiger partial charge in [-0.3, -0.25) is 4.68 Å². The number of alkyl carbamates (subject to hydrolysis) is 1. The van der Waals surface area contributed by atoms with Gasteiger partial charge in [0.1, 0.15) is 18.8 Å². The zero-order valence-corrected chi connectivity index (χ0v) is 13.1. The standard InChI is InChI=1S/C16H21N3O4/c1-11-13(8-18-19(11)2)15(21)14(20)9-17-16(22)23-10-12-6-4-3-5-7-12/h3-8,14-15,20-21H,9-10H2,1-2H3,(H,17,22). The zero-order chi connectivity index (χ0) is 16.8. The van der Waals surface area contributed by atoms with E-state index in [9.17, 15) is 15.0 Å². The van der Waals surface area contributed by atoms with Gasteiger partial charge < -0.3 is 20.3 Å². The van der Waals surface area contributed by atoms with E-state index >= 15 is 0 Å². The molecule has 0 aliphatic heterocycles. The summed E-state index contributed by atoms with van der Waals surface area (Å²) >= 11 is 0. The molecule has 0 radical (unpaired) electrons. The van der Waals surface area contributed by atoms with Crippen LogP contribution < -0.4 is 5.32 Å². The third-order valence-corrected chi connectivity index (χ3v) is 3.62. The van der Waals surface area contributed by atoms with Gasteiger partial charge in [-0.1, -0.05) is 30.3 Å². The van der Waals surface area contributed by atoms with Gasteiger partial charge in [0.25, 0.3) is 0 Å². The second-order valence-electron chi connectivity index (χ2n) is 5.26. The van der Waals surface area contributed by atoms with Gasteiger partial charge in [0.15, 0.2) is 0 Å². The molecule has 2 aromatic rings. The summed E-state index contributed by atoms with van der Waals surface area (Å²) in [5.41, 5.74) is 2.15. The highest BCUT2D eigenvalue weighted by molar-refractivity contribution is 5.67. The predicted octanol–water partition coefficient (Wildman–Crippen LogP) is 1.05. The monoisotopic (exact) mass is 319 g/mol. The number of hydrogen-bond donors (Lipinski definition) is 3. The summed E-state index contributed by atoms with van der Waals surface area (Å²) in [5, 5.41) is 26.5. The Kier molecular flexibility index (Phi) is 5.72. The minimum absolute atomic E-state index is 0.122. The van der Waals surface area contributed by atoms with Crippen LogP contribution in [-0.2, 0) is 18.4 Å². The fraction of sp³-hybridized carbons (Fsp3) is 0.375. The van der Waals surface area contributed by atoms with E-state index in [-0.39, 0.29) is 13.2 Å². The smallest absolute Gasteiger partial charge is 0.407 e. The summed E-state index contributed by atoms with van der Waals surface area (Å²) in [6, 6.07) is 9.27. The molecule has 1 heterocycles. The van der Waals surface area contributed by atoms with Crippen LogP contribution in [0.25, 0.3) is 0 Å². The molecule has 0 fully saturated rings. The van der Waals surface area contributed by atoms with Crippen LogP contribution in [0.4, 0.5) is 4.79 Å². The van der Waals surface area contributed by atoms with Gasteiger partial charge in [0.05, 0.1) is 6.20 Å². The van der Waals surface area contributed by atoms with Crippen LogP contribution in [0.5, 0.6) is 0 Å². The first-order chi connectivity index (χ1) is 11.0. The fourth-order valence-corrected chi connectivity index (χ4v) is 2.09. The van der Waals surface area contributed by atoms with Crippen molar-refractivity contribution < 1.29 is 19.7 Å². The van der Waals surface area contributed by atoms with E-state index < -0.39 is 18.3 Å². The molecule has 2 atom stereocenters. The molecule has 2 unspecified atom stereocenters. The Labute approximate surface area is 134 Å². The molecular weight excluding hydrogens is 298 g/mol. The molecular formula is C16H21N3O4. The highest BCUT2D eigenvalue weighted by Gasteiger charge is 2.22. The lowest BCUT2D eigenvalue weighted by Crippen LogP contribution is -2.35. The Bertz CT molecular complexity index is 642. The normalized spacial score (nSPS) is 13.4. The van der Waals surface area contributed by atoms with Crippen molar-refractivity contribution in [3.05, 3.63) is 53.3 Å². The highest BCUT2D eigenvalue weighted by Crippen LogP contribution is 2.19. The van der Waals surface area contributed by atoms with Crippen molar-refractivity contribution in [2.45, 2.75) is 25.7 Å². The van der Waals surface area contributed by atoms with Gasteiger partial charge in [0.2, 0.25) is 0 Å². The lowest BCUT2D eigenvalue weighted by Gasteiger charge is -2.18. The van der Waals surface area contributed by atoms with Crippen molar-refractivity contribution in [3.63, 3.8) is 0 Å². The minimum atomic E-state index is -1.15. The Morgan fingerprint density at radius 1 is 1.35 bits per heavy atom. The number of ether oxygens (including phenoxy) is 1. The van der Waals surface area contributed by atoms with Crippen molar-refractivity contribution in [1.29, 1.82) is 0 Å². The van der Waals surface area contributed by atoms with Crippen molar-refractivity contribution in [2.24, 2.45) is 7.05 Å². The number of hydrogen-bond acceptors (Lipinski definition) is 5. The highest BCUT2D eigenvalue weighted by atomic mass is 16.5. The molecule has 1 amide bonds. The molecule has 7 heteroatoms. The summed E-state index contributed by atoms with van der Waals surface area (Å²) in [5.74, 6) is 0. The number of carbonyl (C=O) groups excluding carboxylic acids is 1. The SMILES string of the molecule is Cc1c(C(O)C(O)CNC(=O)OCc2ccccc2)cnn1C. The summed E-state index contributed by atoms with van der Waals surface area (Å²) in [4.78, 5) is 11.6. The van der Waals surface area contributed by atoms with Gasteiger partial charge in [-0.15, -0.1) is 0 Å². The van der Waals surface area contributed by atoms with Gasteiger partial charge >= 0.3 is 6.09 Å². The molecule has 1 aromatic heterocycles. The summed E-state index contributed by atoms with van der Waals surface area (Å²) in [7, 11) is 1.75. The molecule has 0 saturated heterocycles. The second-order valence-corrected chi connectivity index (χ2v) is 5.26. The zero-order valence-electron chi connectivity index (χ0n) is 13.1. The first-order valence-corrected chi connectivity index (χ1v) is 7.28. The van der Waals surface area contributed by atoms with Crippen LogP contribution in [0.2, 0.25) is 0 Å². The van der Waals surface area contributed by atoms with Crippen molar-refractivity contribution in [3.8, 4) is 0 Å². The maximum Gasteiger partial charge on any atom is 0.407 e. The van der Waals surface area contributed by atoms with Crippen LogP contribution in [0, 0.1) is 6.92 Å². The predicted molar refractivity (Wildman–Crippen MR) is 83.5 cm³/mol. The van der Waals surface area contributed by atoms with E-state index in [1.54, 1.807) is 18.7 Å². The first kappa shape index (κ1) is 17.0. The molecule has 1 aromatic carbocycles. The van der Waals surface area contributed by atoms with E-state index in [1.807, 2.05) is 30.3 Å². The molecule has 0 aliphatic rings. The van der Waals surface area contributed by atoms with E-state index in [4.69, 9.17) is 4.74 Å². The summed E-state index contributed by atoms with van der Waals surface area (Å²) < 4.78 is 6.64. The van der Waals surface area contributed by atoms with Crippen LogP contribution in [-0.4, -0.2) is 38.7 Å². The lowest BCUT2D eigenvalue weighted by molar-refractivity contribution is 0.0180. The topological polar surface area (TPSA) is 96.6 Å². The Balaban J connectivity index is 1.78. The molecule has 2 rings (SSSR count). The van der Waals surface area contributed by atoms with Crippen LogP contribution in [0.15, 0.2) is 36.5 Å². The number of aliphatic hydroxyl groups is 2. The van der Waals surface area contributed by atoms with Crippen LogP contribution in [0.3, 0.4) is 0 Å². The van der Waals surface area contributed by atoms with Crippen molar-refractivity contribution in [2.75, 3.05) is 6.54 Å². The maximum atomic E-state index is 11.6. The number of amides is 1. The molecule has 0 saturated carbocycles. The van der Waals surface area contributed by atoms with E-state index in [1.165, 1.54) is 6.20 Å². The number of aliphatic hydroxyl groups excluding tert-OH is 2. The van der Waals surface area contributed by atoms with E-state index in [0.29, 0.717) is 5.56 Å². The van der Waals surface area contributed by atoms with Crippen molar-refractivity contribution >= 4 is 6.09 Å². The number of rotatable bonds is 6. The first-order valence-electron chi connectivity index (χ1n) is 7.28. The molecule has 0 aliphatic carbocycles. The minimum Gasteiger partial charge on any atom is -0.445 e. The number of benzene rings is 1. The molecule has 124 valence electrons. The molecule has 7 nitrogen and oxygen atoms in total. The number of nitrogens with one attached hydrogen (secondary N) is 1. The van der Waals surface area contributed by atoms with Crippen molar-refractivity contribution in [1.82, 2.24) is 15.1 Å². The Morgan fingerprint density at radius 2 is 2.04 bits per heavy atom. The quantitative estimate of drug-likeness (QED) is 0.739. The second kappa shape index (κ2) is 7.75. The third-order valence-electron chi connectivity index (χ3n) is 3.62. The number of nitrogens with zero attached hydrogens (tertiary/aromatic N) is 2. The van der Waals surface area contributed by atoms with Gasteiger partial charge in [-0.2, -0.15) is 5.10 Å². The van der Waals surface area contributed by atoms with Gasteiger partial charge in [-0.05, 0) is 12.5 Å². The van der Waals surface area contributed by atoms with Crippen LogP contribution >= 0.6 is 0 Å². The average Bonchev–Trinajstić information content (AvgIpc) is 2.90. The molecule has 3 N–H and O–H groups in total. The number of aryl methyl sites for hydroxylation is 1. The fourth-order valence-electron chi connectivity index (χ4n) is 2.09.